The second-order valence-corrected chi connectivity index (χ2v) is 7.11. The van der Waals surface area contributed by atoms with Gasteiger partial charge in [-0.1, -0.05) is 6.07 Å². The van der Waals surface area contributed by atoms with Gasteiger partial charge in [-0.3, -0.25) is 9.98 Å². The van der Waals surface area contributed by atoms with E-state index in [9.17, 15) is 8.42 Å². The maximum atomic E-state index is 11.6. The molecule has 0 bridgehead atoms. The molecular weight excluding hydrogens is 429 g/mol. The fourth-order valence-corrected chi connectivity index (χ4v) is 2.61. The summed E-state index contributed by atoms with van der Waals surface area (Å²) in [4.78, 5) is 8.34. The van der Waals surface area contributed by atoms with E-state index in [0.29, 0.717) is 32.0 Å². The molecule has 0 aliphatic heterocycles. The molecular formula is C14H26IN5O2S. The summed E-state index contributed by atoms with van der Waals surface area (Å²) in [5.74, 6) is 0.802. The average molecular weight is 455 g/mol. The Hall–Kier alpha value is -0.940. The Balaban J connectivity index is 0.00000484. The van der Waals surface area contributed by atoms with Crippen molar-refractivity contribution < 1.29 is 8.42 Å². The molecule has 0 atom stereocenters. The number of aliphatic imine (C=N–C) groups is 1. The second-order valence-electron chi connectivity index (χ2n) is 4.75. The van der Waals surface area contributed by atoms with Crippen LogP contribution in [-0.4, -0.2) is 56.6 Å². The number of sulfonamides is 1. The van der Waals surface area contributed by atoms with E-state index in [0.717, 1.165) is 5.69 Å². The largest absolute Gasteiger partial charge is 0.356 e. The lowest BCUT2D eigenvalue weighted by atomic mass is 10.3. The van der Waals surface area contributed by atoms with Gasteiger partial charge in [-0.15, -0.1) is 24.0 Å². The van der Waals surface area contributed by atoms with Gasteiger partial charge < -0.3 is 10.6 Å². The third kappa shape index (κ3) is 8.47. The first kappa shape index (κ1) is 22.1. The van der Waals surface area contributed by atoms with Crippen LogP contribution < -0.4 is 10.6 Å². The van der Waals surface area contributed by atoms with Crippen LogP contribution >= 0.6 is 24.0 Å². The third-order valence-corrected chi connectivity index (χ3v) is 5.03. The normalized spacial score (nSPS) is 11.9. The molecule has 0 saturated carbocycles. The van der Waals surface area contributed by atoms with Gasteiger partial charge in [0.05, 0.1) is 18.0 Å². The zero-order chi connectivity index (χ0) is 16.4. The Morgan fingerprint density at radius 1 is 1.35 bits per heavy atom. The van der Waals surface area contributed by atoms with Crippen molar-refractivity contribution in [3.05, 3.63) is 30.1 Å². The van der Waals surface area contributed by atoms with Crippen LogP contribution in [0.1, 0.15) is 19.0 Å². The van der Waals surface area contributed by atoms with Crippen molar-refractivity contribution in [1.82, 2.24) is 19.9 Å². The van der Waals surface area contributed by atoms with Crippen LogP contribution in [0.2, 0.25) is 0 Å². The van der Waals surface area contributed by atoms with Crippen molar-refractivity contribution in [1.29, 1.82) is 0 Å². The topological polar surface area (TPSA) is 86.7 Å². The predicted molar refractivity (Wildman–Crippen MR) is 105 cm³/mol. The van der Waals surface area contributed by atoms with E-state index < -0.39 is 10.0 Å². The zero-order valence-corrected chi connectivity index (χ0v) is 17.0. The molecule has 0 amide bonds. The predicted octanol–water partition coefficient (Wildman–Crippen LogP) is 1.04. The highest BCUT2D eigenvalue weighted by Crippen LogP contribution is 1.98. The standard InChI is InChI=1S/C14H25N5O2S.HI/c1-4-22(20,21)19(3)11-7-10-17-14(15-2)18-12-13-8-5-6-9-16-13;/h5-6,8-9H,4,7,10-12H2,1-3H3,(H2,15,17,18);1H. The molecule has 1 heterocycles. The molecule has 0 aliphatic rings. The lowest BCUT2D eigenvalue weighted by molar-refractivity contribution is 0.461. The average Bonchev–Trinajstić information content (AvgIpc) is 2.54. The number of nitrogens with one attached hydrogen (secondary N) is 2. The number of guanidine groups is 1. The van der Waals surface area contributed by atoms with E-state index in [1.165, 1.54) is 4.31 Å². The number of hydrogen-bond acceptors (Lipinski definition) is 4. The Kier molecular flexibility index (Phi) is 11.1. The second kappa shape index (κ2) is 11.6. The van der Waals surface area contributed by atoms with Gasteiger partial charge in [-0.2, -0.15) is 0 Å². The van der Waals surface area contributed by atoms with Crippen molar-refractivity contribution >= 4 is 40.0 Å². The summed E-state index contributed by atoms with van der Waals surface area (Å²) in [6, 6.07) is 5.74. The van der Waals surface area contributed by atoms with Crippen LogP contribution in [-0.2, 0) is 16.6 Å². The van der Waals surface area contributed by atoms with E-state index >= 15 is 0 Å². The van der Waals surface area contributed by atoms with Crippen LogP contribution in [0.25, 0.3) is 0 Å². The molecule has 1 aromatic rings. The maximum absolute atomic E-state index is 11.6. The Bertz CT molecular complexity index is 566. The summed E-state index contributed by atoms with van der Waals surface area (Å²) in [7, 11) is 0.201. The van der Waals surface area contributed by atoms with Crippen molar-refractivity contribution in [2.45, 2.75) is 19.9 Å². The first-order valence-electron chi connectivity index (χ1n) is 7.28. The van der Waals surface area contributed by atoms with Crippen LogP contribution in [0, 0.1) is 0 Å². The SMILES string of the molecule is CCS(=O)(=O)N(C)CCCNC(=NC)NCc1ccccn1.I. The van der Waals surface area contributed by atoms with Crippen molar-refractivity contribution in [2.24, 2.45) is 4.99 Å². The fourth-order valence-electron chi connectivity index (χ4n) is 1.77. The Morgan fingerprint density at radius 2 is 2.09 bits per heavy atom. The number of nitrogens with zero attached hydrogens (tertiary/aromatic N) is 3. The van der Waals surface area contributed by atoms with E-state index in [4.69, 9.17) is 0 Å². The van der Waals surface area contributed by atoms with Gasteiger partial charge in [0.25, 0.3) is 0 Å². The molecule has 132 valence electrons. The first-order valence-corrected chi connectivity index (χ1v) is 8.89. The minimum absolute atomic E-state index is 0. The third-order valence-electron chi connectivity index (χ3n) is 3.17. The van der Waals surface area contributed by atoms with Gasteiger partial charge in [0, 0.05) is 33.4 Å². The van der Waals surface area contributed by atoms with Crippen LogP contribution in [0.5, 0.6) is 0 Å². The number of halogens is 1. The van der Waals surface area contributed by atoms with Crippen LogP contribution in [0.3, 0.4) is 0 Å². The van der Waals surface area contributed by atoms with Crippen molar-refractivity contribution in [3.8, 4) is 0 Å². The Morgan fingerprint density at radius 3 is 2.65 bits per heavy atom. The van der Waals surface area contributed by atoms with E-state index in [1.807, 2.05) is 18.2 Å². The minimum Gasteiger partial charge on any atom is -0.356 e. The maximum Gasteiger partial charge on any atom is 0.213 e. The van der Waals surface area contributed by atoms with E-state index in [1.54, 1.807) is 27.2 Å². The van der Waals surface area contributed by atoms with Crippen molar-refractivity contribution in [2.75, 3.05) is 32.9 Å². The first-order chi connectivity index (χ1) is 10.5. The quantitative estimate of drug-likeness (QED) is 0.265. The van der Waals surface area contributed by atoms with Gasteiger partial charge in [0.1, 0.15) is 0 Å². The molecule has 0 aromatic carbocycles. The number of aromatic nitrogens is 1. The molecule has 0 saturated heterocycles. The lowest BCUT2D eigenvalue weighted by Crippen LogP contribution is -2.38. The summed E-state index contributed by atoms with van der Waals surface area (Å²) < 4.78 is 24.6. The minimum atomic E-state index is -3.10. The van der Waals surface area contributed by atoms with Crippen molar-refractivity contribution in [3.63, 3.8) is 0 Å². The number of hydrogen-bond donors (Lipinski definition) is 2. The van der Waals surface area contributed by atoms with Gasteiger partial charge in [-0.25, -0.2) is 12.7 Å². The number of rotatable bonds is 8. The number of pyridine rings is 1. The smallest absolute Gasteiger partial charge is 0.213 e. The fraction of sp³-hybridized carbons (Fsp3) is 0.571. The summed E-state index contributed by atoms with van der Waals surface area (Å²) >= 11 is 0. The molecule has 0 aliphatic carbocycles. The molecule has 0 fully saturated rings. The highest BCUT2D eigenvalue weighted by molar-refractivity contribution is 14.0. The van der Waals surface area contributed by atoms with Gasteiger partial charge >= 0.3 is 0 Å². The Labute approximate surface area is 156 Å². The van der Waals surface area contributed by atoms with Gasteiger partial charge in [0.2, 0.25) is 10.0 Å². The summed E-state index contributed by atoms with van der Waals surface area (Å²) in [5, 5.41) is 6.31. The molecule has 23 heavy (non-hydrogen) atoms. The molecule has 1 rings (SSSR count). The van der Waals surface area contributed by atoms with Gasteiger partial charge in [-0.05, 0) is 25.5 Å². The molecule has 1 aromatic heterocycles. The highest BCUT2D eigenvalue weighted by Gasteiger charge is 2.13. The molecule has 0 radical (unpaired) electrons. The molecule has 7 nitrogen and oxygen atoms in total. The summed E-state index contributed by atoms with van der Waals surface area (Å²) in [5.41, 5.74) is 0.930. The summed E-state index contributed by atoms with van der Waals surface area (Å²) in [6.07, 6.45) is 2.46. The zero-order valence-electron chi connectivity index (χ0n) is 13.8. The van der Waals surface area contributed by atoms with E-state index in [2.05, 4.69) is 20.6 Å². The van der Waals surface area contributed by atoms with Crippen LogP contribution in [0.4, 0.5) is 0 Å². The molecule has 2 N–H and O–H groups in total. The van der Waals surface area contributed by atoms with Crippen LogP contribution in [0.15, 0.2) is 29.4 Å². The lowest BCUT2D eigenvalue weighted by Gasteiger charge is -2.16. The highest BCUT2D eigenvalue weighted by atomic mass is 127. The van der Waals surface area contributed by atoms with E-state index in [-0.39, 0.29) is 29.7 Å². The monoisotopic (exact) mass is 455 g/mol. The van der Waals surface area contributed by atoms with Gasteiger partial charge in [0.15, 0.2) is 5.96 Å². The molecule has 0 spiro atoms. The molecule has 0 unspecified atom stereocenters. The molecule has 9 heteroatoms. The summed E-state index contributed by atoms with van der Waals surface area (Å²) in [6.45, 7) is 3.37.